The second-order valence-electron chi connectivity index (χ2n) is 4.71. The summed E-state index contributed by atoms with van der Waals surface area (Å²) in [7, 11) is -1.84. The van der Waals surface area contributed by atoms with Crippen LogP contribution in [0.2, 0.25) is 19.6 Å². The topological polar surface area (TPSA) is 69.4 Å². The molecule has 0 radical (unpaired) electrons. The van der Waals surface area contributed by atoms with Gasteiger partial charge in [0, 0.05) is 12.1 Å². The molecule has 0 aliphatic rings. The van der Waals surface area contributed by atoms with Crippen molar-refractivity contribution in [2.24, 2.45) is 0 Å². The summed E-state index contributed by atoms with van der Waals surface area (Å²) in [6, 6.07) is 4.10. The Hall–Kier alpha value is -1.69. The van der Waals surface area contributed by atoms with E-state index < -0.39 is 13.2 Å². The molecule has 0 saturated carbocycles. The largest absolute Gasteiger partial charge is 0.544 e. The van der Waals surface area contributed by atoms with Gasteiger partial charge in [0.25, 0.3) is 5.69 Å². The highest BCUT2D eigenvalue weighted by molar-refractivity contribution is 6.70. The molecule has 0 amide bonds. The average molecular weight is 253 g/mol. The first-order valence-corrected chi connectivity index (χ1v) is 8.60. The van der Waals surface area contributed by atoms with Crippen molar-refractivity contribution in [3.63, 3.8) is 0 Å². The summed E-state index contributed by atoms with van der Waals surface area (Å²) in [6.07, 6.45) is 0. The van der Waals surface area contributed by atoms with Crippen molar-refractivity contribution in [2.45, 2.75) is 26.6 Å². The van der Waals surface area contributed by atoms with Crippen LogP contribution in [0.4, 0.5) is 5.69 Å². The molecule has 0 aliphatic heterocycles. The van der Waals surface area contributed by atoms with Gasteiger partial charge in [0.2, 0.25) is 8.32 Å². The molecule has 0 aromatic heterocycles. The number of hydrogen-bond acceptors (Lipinski definition) is 4. The minimum absolute atomic E-state index is 0.0990. The standard InChI is InChI=1S/C11H15NO4Si/c1-8(13)10-7-9(12(14)15)5-6-11(10)16-17(2,3)4/h5-7H,1-4H3. The Bertz CT molecular complexity index is 465. The molecule has 0 N–H and O–H groups in total. The van der Waals surface area contributed by atoms with E-state index in [9.17, 15) is 14.9 Å². The van der Waals surface area contributed by atoms with Gasteiger partial charge in [0.05, 0.1) is 10.5 Å². The molecular formula is C11H15NO4Si. The molecule has 1 aromatic rings. The molecule has 0 spiro atoms. The van der Waals surface area contributed by atoms with E-state index in [1.165, 1.54) is 25.1 Å². The van der Waals surface area contributed by atoms with Gasteiger partial charge in [-0.1, -0.05) is 0 Å². The van der Waals surface area contributed by atoms with Crippen LogP contribution < -0.4 is 4.43 Å². The highest BCUT2D eigenvalue weighted by Crippen LogP contribution is 2.26. The van der Waals surface area contributed by atoms with E-state index >= 15 is 0 Å². The number of hydrogen-bond donors (Lipinski definition) is 0. The molecule has 6 heteroatoms. The third kappa shape index (κ3) is 3.67. The fraction of sp³-hybridized carbons (Fsp3) is 0.364. The fourth-order valence-electron chi connectivity index (χ4n) is 1.33. The van der Waals surface area contributed by atoms with E-state index in [1.54, 1.807) is 0 Å². The maximum atomic E-state index is 11.4. The van der Waals surface area contributed by atoms with Crippen molar-refractivity contribution in [3.8, 4) is 5.75 Å². The summed E-state index contributed by atoms with van der Waals surface area (Å²) in [6.45, 7) is 7.32. The number of carbonyl (C=O) groups is 1. The van der Waals surface area contributed by atoms with Gasteiger partial charge in [-0.05, 0) is 32.6 Å². The van der Waals surface area contributed by atoms with Crippen LogP contribution in [0.25, 0.3) is 0 Å². The Morgan fingerprint density at radius 2 is 1.94 bits per heavy atom. The molecule has 5 nitrogen and oxygen atoms in total. The van der Waals surface area contributed by atoms with E-state index in [2.05, 4.69) is 0 Å². The van der Waals surface area contributed by atoms with Crippen LogP contribution in [-0.2, 0) is 0 Å². The first kappa shape index (κ1) is 13.4. The molecule has 17 heavy (non-hydrogen) atoms. The van der Waals surface area contributed by atoms with Crippen molar-refractivity contribution in [2.75, 3.05) is 0 Å². The predicted octanol–water partition coefficient (Wildman–Crippen LogP) is 3.01. The lowest BCUT2D eigenvalue weighted by molar-refractivity contribution is -0.384. The highest BCUT2D eigenvalue weighted by atomic mass is 28.4. The van der Waals surface area contributed by atoms with Crippen LogP contribution >= 0.6 is 0 Å². The first-order valence-electron chi connectivity index (χ1n) is 5.19. The number of benzene rings is 1. The Labute approximate surface area is 101 Å². The minimum Gasteiger partial charge on any atom is -0.544 e. The molecule has 92 valence electrons. The van der Waals surface area contributed by atoms with Gasteiger partial charge in [0.1, 0.15) is 5.75 Å². The van der Waals surface area contributed by atoms with Gasteiger partial charge < -0.3 is 4.43 Å². The molecule has 1 aromatic carbocycles. The van der Waals surface area contributed by atoms with Crippen LogP contribution in [0.1, 0.15) is 17.3 Å². The number of nitro benzene ring substituents is 1. The molecule has 0 aliphatic carbocycles. The SMILES string of the molecule is CC(=O)c1cc([N+](=O)[O-])ccc1O[Si](C)(C)C. The number of nitrogens with zero attached hydrogens (tertiary/aromatic N) is 1. The second kappa shape index (κ2) is 4.66. The third-order valence-corrected chi connectivity index (χ3v) is 2.80. The molecule has 0 saturated heterocycles. The summed E-state index contributed by atoms with van der Waals surface area (Å²) in [5.41, 5.74) is 0.166. The van der Waals surface area contributed by atoms with E-state index in [-0.39, 0.29) is 17.0 Å². The number of non-ortho nitro benzene ring substituents is 1. The summed E-state index contributed by atoms with van der Waals surface area (Å²) < 4.78 is 5.72. The lowest BCUT2D eigenvalue weighted by Gasteiger charge is -2.20. The molecule has 0 atom stereocenters. The zero-order chi connectivity index (χ0) is 13.2. The van der Waals surface area contributed by atoms with Gasteiger partial charge in [-0.3, -0.25) is 14.9 Å². The predicted molar refractivity (Wildman–Crippen MR) is 67.1 cm³/mol. The monoisotopic (exact) mass is 253 g/mol. The van der Waals surface area contributed by atoms with Gasteiger partial charge in [-0.2, -0.15) is 0 Å². The number of ketones is 1. The number of rotatable bonds is 4. The van der Waals surface area contributed by atoms with Crippen LogP contribution in [0.15, 0.2) is 18.2 Å². The zero-order valence-corrected chi connectivity index (χ0v) is 11.3. The first-order chi connectivity index (χ1) is 7.70. The molecular weight excluding hydrogens is 238 g/mol. The Balaban J connectivity index is 3.23. The molecule has 0 bridgehead atoms. The summed E-state index contributed by atoms with van der Waals surface area (Å²) in [5, 5.41) is 10.6. The number of Topliss-reactive ketones (excluding diaryl/α,β-unsaturated/α-hetero) is 1. The van der Waals surface area contributed by atoms with Gasteiger partial charge >= 0.3 is 0 Å². The third-order valence-electron chi connectivity index (χ3n) is 1.97. The van der Waals surface area contributed by atoms with E-state index in [0.717, 1.165) is 0 Å². The second-order valence-corrected chi connectivity index (χ2v) is 9.14. The van der Waals surface area contributed by atoms with Crippen LogP contribution in [-0.4, -0.2) is 19.0 Å². The average Bonchev–Trinajstić information content (AvgIpc) is 2.14. The Morgan fingerprint density at radius 3 is 2.35 bits per heavy atom. The quantitative estimate of drug-likeness (QED) is 0.358. The fourth-order valence-corrected chi connectivity index (χ4v) is 2.16. The molecule has 0 heterocycles. The van der Waals surface area contributed by atoms with Crippen molar-refractivity contribution in [3.05, 3.63) is 33.9 Å². The van der Waals surface area contributed by atoms with E-state index in [1.807, 2.05) is 19.6 Å². The van der Waals surface area contributed by atoms with Gasteiger partial charge in [-0.25, -0.2) is 0 Å². The highest BCUT2D eigenvalue weighted by Gasteiger charge is 2.21. The van der Waals surface area contributed by atoms with Gasteiger partial charge in [0.15, 0.2) is 5.78 Å². The van der Waals surface area contributed by atoms with Crippen LogP contribution in [0.3, 0.4) is 0 Å². The maximum absolute atomic E-state index is 11.4. The van der Waals surface area contributed by atoms with Crippen LogP contribution in [0.5, 0.6) is 5.75 Å². The van der Waals surface area contributed by atoms with Crippen molar-refractivity contribution in [1.82, 2.24) is 0 Å². The minimum atomic E-state index is -1.84. The van der Waals surface area contributed by atoms with E-state index in [4.69, 9.17) is 4.43 Å². The Morgan fingerprint density at radius 1 is 1.35 bits per heavy atom. The van der Waals surface area contributed by atoms with Gasteiger partial charge in [-0.15, -0.1) is 0 Å². The van der Waals surface area contributed by atoms with Crippen molar-refractivity contribution < 1.29 is 14.1 Å². The summed E-state index contributed by atoms with van der Waals surface area (Å²) >= 11 is 0. The lowest BCUT2D eigenvalue weighted by atomic mass is 10.1. The smallest absolute Gasteiger partial charge is 0.270 e. The Kier molecular flexibility index (Phi) is 3.67. The molecule has 0 fully saturated rings. The van der Waals surface area contributed by atoms with Crippen LogP contribution in [0, 0.1) is 10.1 Å². The molecule has 0 unspecified atom stereocenters. The normalized spacial score (nSPS) is 11.1. The zero-order valence-electron chi connectivity index (χ0n) is 10.3. The maximum Gasteiger partial charge on any atom is 0.270 e. The van der Waals surface area contributed by atoms with Crippen molar-refractivity contribution in [1.29, 1.82) is 0 Å². The summed E-state index contributed by atoms with van der Waals surface area (Å²) in [4.78, 5) is 21.6. The molecule has 1 rings (SSSR count). The van der Waals surface area contributed by atoms with E-state index in [0.29, 0.717) is 5.75 Å². The number of nitro groups is 1. The lowest BCUT2D eigenvalue weighted by Crippen LogP contribution is -2.30. The summed E-state index contributed by atoms with van der Waals surface area (Å²) in [5.74, 6) is 0.198. The van der Waals surface area contributed by atoms with Crippen molar-refractivity contribution >= 4 is 19.8 Å². The number of carbonyl (C=O) groups excluding carboxylic acids is 1.